The number of nitrogens with one attached hydrogen (secondary N) is 1. The number of fused-ring (bicyclic) bond motifs is 1. The number of methoxy groups -OCH3 is 1. The van der Waals surface area contributed by atoms with Gasteiger partial charge in [0.2, 0.25) is 0 Å². The molecule has 3 nitrogen and oxygen atoms in total. The molecule has 1 aromatic heterocycles. The van der Waals surface area contributed by atoms with Crippen LogP contribution in [0.25, 0.3) is 10.9 Å². The molecule has 0 aliphatic rings. The number of aromatic nitrogens is 1. The van der Waals surface area contributed by atoms with Crippen molar-refractivity contribution in [3.8, 4) is 5.75 Å². The summed E-state index contributed by atoms with van der Waals surface area (Å²) in [5.74, 6) is 0.835. The number of pyridine rings is 1. The number of rotatable bonds is 7. The molecular formula is C18H26N2O. The molecular weight excluding hydrogens is 260 g/mol. The van der Waals surface area contributed by atoms with Crippen LogP contribution in [0.4, 0.5) is 0 Å². The quantitative estimate of drug-likeness (QED) is 0.824. The van der Waals surface area contributed by atoms with Crippen molar-refractivity contribution in [1.82, 2.24) is 10.3 Å². The van der Waals surface area contributed by atoms with Crippen LogP contribution in [0.3, 0.4) is 0 Å². The predicted octanol–water partition coefficient (Wildman–Crippen LogP) is 4.30. The van der Waals surface area contributed by atoms with Crippen LogP contribution >= 0.6 is 0 Å². The van der Waals surface area contributed by atoms with Gasteiger partial charge in [-0.2, -0.15) is 0 Å². The summed E-state index contributed by atoms with van der Waals surface area (Å²) in [4.78, 5) is 4.76. The minimum Gasteiger partial charge on any atom is -0.494 e. The first kappa shape index (κ1) is 15.8. The molecule has 1 N–H and O–H groups in total. The standard InChI is InChI=1S/C18H26N2O/c1-5-18(6-2,7-3)19-13-15-12-11-14-9-8-10-16(21-4)17(14)20-15/h8-12,19H,5-7,13H2,1-4H3. The molecule has 0 atom stereocenters. The fraction of sp³-hybridized carbons (Fsp3) is 0.500. The van der Waals surface area contributed by atoms with E-state index in [-0.39, 0.29) is 5.54 Å². The molecule has 0 radical (unpaired) electrons. The van der Waals surface area contributed by atoms with E-state index in [0.717, 1.165) is 48.2 Å². The Hall–Kier alpha value is -1.61. The first-order valence-corrected chi connectivity index (χ1v) is 7.85. The molecule has 0 aliphatic carbocycles. The average Bonchev–Trinajstić information content (AvgIpc) is 2.56. The van der Waals surface area contributed by atoms with Crippen LogP contribution < -0.4 is 10.1 Å². The Labute approximate surface area is 127 Å². The maximum absolute atomic E-state index is 5.41. The molecule has 1 aromatic carbocycles. The number of ether oxygens (including phenoxy) is 1. The molecule has 0 saturated carbocycles. The number of hydrogen-bond donors (Lipinski definition) is 1. The molecule has 0 aliphatic heterocycles. The molecule has 1 heterocycles. The van der Waals surface area contributed by atoms with E-state index in [9.17, 15) is 0 Å². The minimum atomic E-state index is 0.220. The van der Waals surface area contributed by atoms with Crippen molar-refractivity contribution in [3.05, 3.63) is 36.0 Å². The van der Waals surface area contributed by atoms with Gasteiger partial charge in [0.1, 0.15) is 11.3 Å². The van der Waals surface area contributed by atoms with Gasteiger partial charge in [-0.1, -0.05) is 39.0 Å². The lowest BCUT2D eigenvalue weighted by molar-refractivity contribution is 0.287. The van der Waals surface area contributed by atoms with E-state index in [0.29, 0.717) is 0 Å². The second kappa shape index (κ2) is 6.90. The van der Waals surface area contributed by atoms with Gasteiger partial charge >= 0.3 is 0 Å². The lowest BCUT2D eigenvalue weighted by Gasteiger charge is -2.32. The lowest BCUT2D eigenvalue weighted by Crippen LogP contribution is -2.43. The second-order valence-corrected chi connectivity index (χ2v) is 5.53. The van der Waals surface area contributed by atoms with Crippen LogP contribution in [-0.2, 0) is 6.54 Å². The second-order valence-electron chi connectivity index (χ2n) is 5.53. The van der Waals surface area contributed by atoms with Gasteiger partial charge in [0.15, 0.2) is 0 Å². The molecule has 21 heavy (non-hydrogen) atoms. The van der Waals surface area contributed by atoms with Crippen molar-refractivity contribution in [1.29, 1.82) is 0 Å². The summed E-state index contributed by atoms with van der Waals surface area (Å²) in [5, 5.41) is 4.81. The molecule has 0 amide bonds. The Balaban J connectivity index is 2.23. The van der Waals surface area contributed by atoms with E-state index in [1.165, 1.54) is 0 Å². The summed E-state index contributed by atoms with van der Waals surface area (Å²) in [7, 11) is 1.69. The Morgan fingerprint density at radius 2 is 1.76 bits per heavy atom. The highest BCUT2D eigenvalue weighted by Crippen LogP contribution is 2.24. The molecule has 114 valence electrons. The van der Waals surface area contributed by atoms with Crippen LogP contribution in [0.1, 0.15) is 45.7 Å². The highest BCUT2D eigenvalue weighted by atomic mass is 16.5. The molecule has 3 heteroatoms. The van der Waals surface area contributed by atoms with Gasteiger partial charge in [0.05, 0.1) is 12.8 Å². The first-order chi connectivity index (χ1) is 10.2. The van der Waals surface area contributed by atoms with Gasteiger partial charge in [-0.15, -0.1) is 0 Å². The third kappa shape index (κ3) is 3.35. The average molecular weight is 286 g/mol. The molecule has 0 unspecified atom stereocenters. The van der Waals surface area contributed by atoms with Gasteiger partial charge < -0.3 is 10.1 Å². The van der Waals surface area contributed by atoms with Crippen LogP contribution in [0, 0.1) is 0 Å². The van der Waals surface area contributed by atoms with E-state index in [4.69, 9.17) is 9.72 Å². The Bertz CT molecular complexity index is 583. The van der Waals surface area contributed by atoms with E-state index < -0.39 is 0 Å². The fourth-order valence-electron chi connectivity index (χ4n) is 2.83. The monoisotopic (exact) mass is 286 g/mol. The van der Waals surface area contributed by atoms with Crippen molar-refractivity contribution >= 4 is 10.9 Å². The van der Waals surface area contributed by atoms with Gasteiger partial charge in [0, 0.05) is 17.5 Å². The number of para-hydroxylation sites is 1. The van der Waals surface area contributed by atoms with E-state index in [1.807, 2.05) is 12.1 Å². The summed E-state index contributed by atoms with van der Waals surface area (Å²) in [6.45, 7) is 7.54. The third-order valence-electron chi connectivity index (χ3n) is 4.64. The number of hydrogen-bond acceptors (Lipinski definition) is 3. The van der Waals surface area contributed by atoms with Crippen LogP contribution in [0.15, 0.2) is 30.3 Å². The van der Waals surface area contributed by atoms with Crippen molar-refractivity contribution in [3.63, 3.8) is 0 Å². The summed E-state index contributed by atoms with van der Waals surface area (Å²) in [6, 6.07) is 10.2. The van der Waals surface area contributed by atoms with Crippen LogP contribution in [0.2, 0.25) is 0 Å². The summed E-state index contributed by atoms with van der Waals surface area (Å²) < 4.78 is 5.41. The molecule has 0 fully saturated rings. The predicted molar refractivity (Wildman–Crippen MR) is 88.7 cm³/mol. The highest BCUT2D eigenvalue weighted by Gasteiger charge is 2.22. The highest BCUT2D eigenvalue weighted by molar-refractivity contribution is 5.84. The van der Waals surface area contributed by atoms with Crippen molar-refractivity contribution in [2.24, 2.45) is 0 Å². The third-order valence-corrected chi connectivity index (χ3v) is 4.64. The largest absolute Gasteiger partial charge is 0.494 e. The lowest BCUT2D eigenvalue weighted by atomic mass is 9.90. The summed E-state index contributed by atoms with van der Waals surface area (Å²) >= 11 is 0. The topological polar surface area (TPSA) is 34.1 Å². The van der Waals surface area contributed by atoms with Gasteiger partial charge in [-0.3, -0.25) is 0 Å². The van der Waals surface area contributed by atoms with Gasteiger partial charge in [0.25, 0.3) is 0 Å². The van der Waals surface area contributed by atoms with Gasteiger partial charge in [-0.25, -0.2) is 4.98 Å². The Morgan fingerprint density at radius 3 is 2.38 bits per heavy atom. The van der Waals surface area contributed by atoms with E-state index in [2.05, 4.69) is 44.3 Å². The first-order valence-electron chi connectivity index (χ1n) is 7.85. The maximum Gasteiger partial charge on any atom is 0.145 e. The molecule has 0 bridgehead atoms. The number of nitrogens with zero attached hydrogens (tertiary/aromatic N) is 1. The summed E-state index contributed by atoms with van der Waals surface area (Å²) in [6.07, 6.45) is 3.41. The molecule has 0 saturated heterocycles. The zero-order chi connectivity index (χ0) is 15.3. The fourth-order valence-corrected chi connectivity index (χ4v) is 2.83. The maximum atomic E-state index is 5.41. The SMILES string of the molecule is CCC(CC)(CC)NCc1ccc2cccc(OC)c2n1. The number of benzene rings is 1. The smallest absolute Gasteiger partial charge is 0.145 e. The zero-order valence-corrected chi connectivity index (χ0v) is 13.6. The van der Waals surface area contributed by atoms with Gasteiger partial charge in [-0.05, 0) is 31.4 Å². The van der Waals surface area contributed by atoms with Crippen molar-refractivity contribution in [2.75, 3.05) is 7.11 Å². The van der Waals surface area contributed by atoms with Crippen LogP contribution in [0.5, 0.6) is 5.75 Å². The van der Waals surface area contributed by atoms with Crippen LogP contribution in [-0.4, -0.2) is 17.6 Å². The summed E-state index contributed by atoms with van der Waals surface area (Å²) in [5.41, 5.74) is 2.22. The molecule has 2 rings (SSSR count). The Kier molecular flexibility index (Phi) is 5.18. The Morgan fingerprint density at radius 1 is 1.05 bits per heavy atom. The molecule has 0 spiro atoms. The zero-order valence-electron chi connectivity index (χ0n) is 13.6. The van der Waals surface area contributed by atoms with E-state index in [1.54, 1.807) is 7.11 Å². The molecule has 2 aromatic rings. The van der Waals surface area contributed by atoms with Crippen molar-refractivity contribution in [2.45, 2.75) is 52.1 Å². The van der Waals surface area contributed by atoms with Crippen molar-refractivity contribution < 1.29 is 4.74 Å². The normalized spacial score (nSPS) is 11.8. The minimum absolute atomic E-state index is 0.220. The van der Waals surface area contributed by atoms with E-state index >= 15 is 0 Å².